The van der Waals surface area contributed by atoms with Gasteiger partial charge in [-0.25, -0.2) is 0 Å². The summed E-state index contributed by atoms with van der Waals surface area (Å²) in [5, 5.41) is 12.8. The van der Waals surface area contributed by atoms with Crippen LogP contribution < -0.4 is 5.73 Å². The van der Waals surface area contributed by atoms with Crippen molar-refractivity contribution in [2.24, 2.45) is 12.8 Å². The lowest BCUT2D eigenvalue weighted by molar-refractivity contribution is 0.691. The molecule has 0 aliphatic rings. The van der Waals surface area contributed by atoms with Crippen molar-refractivity contribution in [1.82, 2.24) is 9.78 Å². The van der Waals surface area contributed by atoms with Gasteiger partial charge in [0.05, 0.1) is 16.0 Å². The maximum atomic E-state index is 7.41. The summed E-state index contributed by atoms with van der Waals surface area (Å²) in [5.41, 5.74) is 6.48. The minimum Gasteiger partial charge on any atom is -0.387 e. The van der Waals surface area contributed by atoms with Crippen LogP contribution in [0, 0.1) is 12.3 Å². The first-order valence-corrected chi connectivity index (χ1v) is 5.43. The van der Waals surface area contributed by atoms with E-state index < -0.39 is 0 Å². The highest BCUT2D eigenvalue weighted by Gasteiger charge is 2.13. The molecule has 4 nitrogen and oxygen atoms in total. The average Bonchev–Trinajstić information content (AvgIpc) is 2.40. The van der Waals surface area contributed by atoms with Crippen LogP contribution in [-0.2, 0) is 7.05 Å². The summed E-state index contributed by atoms with van der Waals surface area (Å²) in [4.78, 5) is 0. The maximum absolute atomic E-state index is 7.41. The number of thioether (sulfide) groups is 1. The topological polar surface area (TPSA) is 67.7 Å². The van der Waals surface area contributed by atoms with E-state index in [9.17, 15) is 0 Å². The fourth-order valence-electron chi connectivity index (χ4n) is 1.21. The van der Waals surface area contributed by atoms with Gasteiger partial charge in [0, 0.05) is 7.05 Å². The van der Waals surface area contributed by atoms with Crippen molar-refractivity contribution in [1.29, 1.82) is 5.41 Å². The van der Waals surface area contributed by atoms with Crippen molar-refractivity contribution in [3.8, 4) is 0 Å². The molecule has 14 heavy (non-hydrogen) atoms. The predicted octanol–water partition coefficient (Wildman–Crippen LogP) is 1.54. The van der Waals surface area contributed by atoms with Crippen LogP contribution in [-0.4, -0.2) is 20.9 Å². The summed E-state index contributed by atoms with van der Waals surface area (Å²) in [5.74, 6) is 0.233. The second kappa shape index (κ2) is 4.50. The van der Waals surface area contributed by atoms with E-state index in [1.54, 1.807) is 11.8 Å². The number of nitrogens with one attached hydrogen (secondary N) is 1. The molecule has 0 spiro atoms. The van der Waals surface area contributed by atoms with Crippen LogP contribution in [0.5, 0.6) is 0 Å². The van der Waals surface area contributed by atoms with Gasteiger partial charge in [0.25, 0.3) is 0 Å². The van der Waals surface area contributed by atoms with Gasteiger partial charge in [-0.1, -0.05) is 18.7 Å². The summed E-state index contributed by atoms with van der Waals surface area (Å²) in [6, 6.07) is 2.01. The van der Waals surface area contributed by atoms with E-state index in [0.29, 0.717) is 0 Å². The van der Waals surface area contributed by atoms with E-state index in [-0.39, 0.29) is 11.1 Å². The third kappa shape index (κ3) is 2.51. The van der Waals surface area contributed by atoms with Crippen molar-refractivity contribution < 1.29 is 0 Å². The van der Waals surface area contributed by atoms with Crippen LogP contribution in [0.1, 0.15) is 19.0 Å². The molecule has 0 aliphatic carbocycles. The van der Waals surface area contributed by atoms with Gasteiger partial charge in [0.1, 0.15) is 5.84 Å². The lowest BCUT2D eigenvalue weighted by atomic mass is 10.3. The van der Waals surface area contributed by atoms with Crippen molar-refractivity contribution in [2.75, 3.05) is 0 Å². The first kappa shape index (κ1) is 11.1. The molecule has 0 fully saturated rings. The van der Waals surface area contributed by atoms with Gasteiger partial charge < -0.3 is 5.73 Å². The molecule has 0 saturated carbocycles. The Balaban J connectivity index is 2.76. The number of aromatic nitrogens is 2. The Morgan fingerprint density at radius 1 is 1.79 bits per heavy atom. The van der Waals surface area contributed by atoms with Gasteiger partial charge in [0.2, 0.25) is 0 Å². The highest BCUT2D eigenvalue weighted by molar-refractivity contribution is 8.00. The second-order valence-electron chi connectivity index (χ2n) is 3.22. The van der Waals surface area contributed by atoms with Gasteiger partial charge in [-0.3, -0.25) is 10.1 Å². The number of hydrogen-bond donors (Lipinski definition) is 2. The summed E-state index contributed by atoms with van der Waals surface area (Å²) in [6.45, 7) is 3.99. The molecular formula is C9H16N4S. The molecule has 1 atom stereocenters. The highest BCUT2D eigenvalue weighted by Crippen LogP contribution is 2.25. The molecule has 1 aromatic heterocycles. The maximum Gasteiger partial charge on any atom is 0.104 e. The van der Waals surface area contributed by atoms with Crippen LogP contribution in [0.25, 0.3) is 0 Å². The van der Waals surface area contributed by atoms with Crippen LogP contribution in [0.2, 0.25) is 0 Å². The van der Waals surface area contributed by atoms with Crippen LogP contribution in [0.15, 0.2) is 11.1 Å². The van der Waals surface area contributed by atoms with Gasteiger partial charge in [-0.2, -0.15) is 5.10 Å². The molecule has 0 radical (unpaired) electrons. The number of nitrogens with zero attached hydrogens (tertiary/aromatic N) is 2. The molecule has 0 aromatic carbocycles. The Kier molecular flexibility index (Phi) is 3.57. The molecule has 5 heteroatoms. The SMILES string of the molecule is CCC(Sc1cc(C)nn1C)C(=N)N. The monoisotopic (exact) mass is 212 g/mol. The summed E-state index contributed by atoms with van der Waals surface area (Å²) in [7, 11) is 1.90. The van der Waals surface area contributed by atoms with E-state index in [1.807, 2.05) is 31.6 Å². The van der Waals surface area contributed by atoms with E-state index >= 15 is 0 Å². The molecule has 1 unspecified atom stereocenters. The second-order valence-corrected chi connectivity index (χ2v) is 4.44. The number of amidine groups is 1. The summed E-state index contributed by atoms with van der Waals surface area (Å²) >= 11 is 1.60. The molecule has 78 valence electrons. The highest BCUT2D eigenvalue weighted by atomic mass is 32.2. The quantitative estimate of drug-likeness (QED) is 0.452. The molecule has 1 rings (SSSR count). The van der Waals surface area contributed by atoms with E-state index in [1.165, 1.54) is 0 Å². The lowest BCUT2D eigenvalue weighted by Gasteiger charge is -2.11. The molecule has 3 N–H and O–H groups in total. The Hall–Kier alpha value is -0.970. The Labute approximate surface area is 88.4 Å². The molecule has 0 bridgehead atoms. The van der Waals surface area contributed by atoms with Gasteiger partial charge >= 0.3 is 0 Å². The predicted molar refractivity (Wildman–Crippen MR) is 59.8 cm³/mol. The first-order chi connectivity index (χ1) is 6.54. The Morgan fingerprint density at radius 3 is 2.79 bits per heavy atom. The first-order valence-electron chi connectivity index (χ1n) is 4.55. The van der Waals surface area contributed by atoms with Crippen molar-refractivity contribution in [2.45, 2.75) is 30.5 Å². The zero-order valence-corrected chi connectivity index (χ0v) is 9.56. The normalized spacial score (nSPS) is 12.8. The molecule has 0 amide bonds. The molecular weight excluding hydrogens is 196 g/mol. The molecule has 1 heterocycles. The van der Waals surface area contributed by atoms with E-state index in [2.05, 4.69) is 5.10 Å². The third-order valence-electron chi connectivity index (χ3n) is 1.94. The third-order valence-corrected chi connectivity index (χ3v) is 3.44. The standard InChI is InChI=1S/C9H16N4S/c1-4-7(9(10)11)14-8-5-6(2)12-13(8)3/h5,7H,4H2,1-3H3,(H3,10,11). The molecule has 1 aromatic rings. The van der Waals surface area contributed by atoms with Crippen molar-refractivity contribution >= 4 is 17.6 Å². The number of aryl methyl sites for hydroxylation is 2. The Bertz CT molecular complexity index is 332. The smallest absolute Gasteiger partial charge is 0.104 e. The van der Waals surface area contributed by atoms with Crippen LogP contribution in [0.3, 0.4) is 0 Å². The number of rotatable bonds is 4. The average molecular weight is 212 g/mol. The fourth-order valence-corrected chi connectivity index (χ4v) is 2.23. The zero-order valence-electron chi connectivity index (χ0n) is 8.74. The van der Waals surface area contributed by atoms with Crippen LogP contribution in [0.4, 0.5) is 0 Å². The fraction of sp³-hybridized carbons (Fsp3) is 0.556. The lowest BCUT2D eigenvalue weighted by Crippen LogP contribution is -2.24. The van der Waals surface area contributed by atoms with Gasteiger partial charge in [0.15, 0.2) is 0 Å². The minimum atomic E-state index is 0.0600. The van der Waals surface area contributed by atoms with Crippen molar-refractivity contribution in [3.05, 3.63) is 11.8 Å². The van der Waals surface area contributed by atoms with Gasteiger partial charge in [-0.05, 0) is 19.4 Å². The largest absolute Gasteiger partial charge is 0.387 e. The van der Waals surface area contributed by atoms with Crippen LogP contribution >= 0.6 is 11.8 Å². The number of hydrogen-bond acceptors (Lipinski definition) is 3. The van der Waals surface area contributed by atoms with E-state index in [4.69, 9.17) is 11.1 Å². The molecule has 0 aliphatic heterocycles. The van der Waals surface area contributed by atoms with E-state index in [0.717, 1.165) is 17.1 Å². The zero-order chi connectivity index (χ0) is 10.7. The number of nitrogens with two attached hydrogens (primary N) is 1. The summed E-state index contributed by atoms with van der Waals surface area (Å²) in [6.07, 6.45) is 0.865. The summed E-state index contributed by atoms with van der Waals surface area (Å²) < 4.78 is 1.82. The Morgan fingerprint density at radius 2 is 2.43 bits per heavy atom. The minimum absolute atomic E-state index is 0.0600. The molecule has 0 saturated heterocycles. The van der Waals surface area contributed by atoms with Gasteiger partial charge in [-0.15, -0.1) is 0 Å². The van der Waals surface area contributed by atoms with Crippen molar-refractivity contribution in [3.63, 3.8) is 0 Å².